The van der Waals surface area contributed by atoms with E-state index in [1.165, 1.54) is 4.90 Å². The van der Waals surface area contributed by atoms with Crippen LogP contribution in [0.1, 0.15) is 36.5 Å². The van der Waals surface area contributed by atoms with E-state index in [1.807, 2.05) is 0 Å². The monoisotopic (exact) mass is 456 g/mol. The van der Waals surface area contributed by atoms with Crippen LogP contribution in [0.4, 0.5) is 0 Å². The molecule has 3 aliphatic rings. The molecule has 174 valence electrons. The third-order valence-corrected chi connectivity index (χ3v) is 6.95. The number of aliphatic hydroxyl groups is 3. The highest BCUT2D eigenvalue weighted by molar-refractivity contribution is 6.22. The molecule has 0 heterocycles. The number of carbonyl (C=O) groups excluding carboxylic acids is 4. The van der Waals surface area contributed by atoms with Crippen molar-refractivity contribution in [1.82, 2.24) is 4.90 Å². The Labute approximate surface area is 188 Å². The number of aliphatic hydroxyl groups excluding tert-OH is 2. The summed E-state index contributed by atoms with van der Waals surface area (Å²) in [7, 11) is 0. The van der Waals surface area contributed by atoms with Gasteiger partial charge in [0.2, 0.25) is 12.2 Å². The van der Waals surface area contributed by atoms with Crippen LogP contribution in [0.15, 0.2) is 29.0 Å². The van der Waals surface area contributed by atoms with Crippen molar-refractivity contribution in [3.8, 4) is 5.75 Å². The van der Waals surface area contributed by atoms with Crippen LogP contribution in [-0.2, 0) is 32.1 Å². The minimum absolute atomic E-state index is 0.0154. The average molecular weight is 456 g/mol. The molecule has 2 unspecified atom stereocenters. The van der Waals surface area contributed by atoms with Crippen molar-refractivity contribution in [2.75, 3.05) is 6.54 Å². The summed E-state index contributed by atoms with van der Waals surface area (Å²) < 4.78 is 0. The molecular weight excluding hydrogens is 432 g/mol. The maximum atomic E-state index is 13.4. The van der Waals surface area contributed by atoms with Crippen molar-refractivity contribution < 1.29 is 39.6 Å². The summed E-state index contributed by atoms with van der Waals surface area (Å²) in [5.74, 6) is -6.57. The number of hydrogen-bond acceptors (Lipinski definition) is 8. The molecular formula is C23H24N2O8. The van der Waals surface area contributed by atoms with Crippen LogP contribution in [-0.4, -0.2) is 61.4 Å². The number of rotatable bonds is 5. The maximum absolute atomic E-state index is 13.4. The molecule has 1 aromatic rings. The average Bonchev–Trinajstić information content (AvgIpc) is 2.75. The summed E-state index contributed by atoms with van der Waals surface area (Å²) in [4.78, 5) is 50.0. The normalized spacial score (nSPS) is 26.5. The Kier molecular flexibility index (Phi) is 5.28. The molecule has 33 heavy (non-hydrogen) atoms. The van der Waals surface area contributed by atoms with E-state index in [-0.39, 0.29) is 42.7 Å². The van der Waals surface area contributed by atoms with E-state index in [4.69, 9.17) is 5.73 Å². The largest absolute Gasteiger partial charge is 0.508 e. The van der Waals surface area contributed by atoms with E-state index >= 15 is 0 Å². The first-order chi connectivity index (χ1) is 15.6. The molecule has 0 spiro atoms. The number of phenols is 1. The molecule has 0 saturated heterocycles. The van der Waals surface area contributed by atoms with Crippen LogP contribution in [0.5, 0.6) is 5.75 Å². The minimum Gasteiger partial charge on any atom is -0.508 e. The number of hydrogen-bond donors (Lipinski definition) is 5. The van der Waals surface area contributed by atoms with Crippen LogP contribution in [0, 0.1) is 11.8 Å². The molecule has 6 N–H and O–H groups in total. The first-order valence-corrected chi connectivity index (χ1v) is 10.6. The lowest BCUT2D eigenvalue weighted by Gasteiger charge is -2.46. The summed E-state index contributed by atoms with van der Waals surface area (Å²) in [6.07, 6.45) is 0.599. The highest BCUT2D eigenvalue weighted by Crippen LogP contribution is 2.52. The van der Waals surface area contributed by atoms with Crippen LogP contribution in [0.2, 0.25) is 0 Å². The lowest BCUT2D eigenvalue weighted by atomic mass is 9.59. The predicted molar refractivity (Wildman–Crippen MR) is 114 cm³/mol. The van der Waals surface area contributed by atoms with Crippen molar-refractivity contribution in [2.45, 2.75) is 38.3 Å². The molecule has 0 radical (unpaired) electrons. The van der Waals surface area contributed by atoms with E-state index in [0.29, 0.717) is 24.1 Å². The van der Waals surface area contributed by atoms with E-state index < -0.39 is 52.0 Å². The van der Waals surface area contributed by atoms with Gasteiger partial charge in [-0.3, -0.25) is 19.2 Å². The predicted octanol–water partition coefficient (Wildman–Crippen LogP) is 0.402. The summed E-state index contributed by atoms with van der Waals surface area (Å²) in [6, 6.07) is 3.33. The van der Waals surface area contributed by atoms with Gasteiger partial charge in [-0.15, -0.1) is 0 Å². The Balaban J connectivity index is 1.85. The van der Waals surface area contributed by atoms with Gasteiger partial charge in [-0.25, -0.2) is 0 Å². The van der Waals surface area contributed by atoms with Crippen LogP contribution < -0.4 is 5.73 Å². The summed E-state index contributed by atoms with van der Waals surface area (Å²) in [5, 5.41) is 43.7. The molecule has 1 aromatic carbocycles. The third kappa shape index (κ3) is 3.12. The molecule has 4 rings (SSSR count). The number of nitrogens with two attached hydrogens (primary N) is 1. The van der Waals surface area contributed by atoms with Gasteiger partial charge < -0.3 is 31.1 Å². The molecule has 0 bridgehead atoms. The highest BCUT2D eigenvalue weighted by atomic mass is 16.3. The molecule has 0 aromatic heterocycles. The van der Waals surface area contributed by atoms with Gasteiger partial charge in [0.1, 0.15) is 22.8 Å². The number of phenolic OH excluding ortho intramolecular Hbond substituents is 1. The number of ketones is 2. The van der Waals surface area contributed by atoms with Crippen molar-refractivity contribution >= 4 is 29.6 Å². The number of Topliss-reactive ketones (excluding diaryl/α,β-unsaturated/α-hetero) is 2. The van der Waals surface area contributed by atoms with Gasteiger partial charge in [0, 0.05) is 36.6 Å². The van der Waals surface area contributed by atoms with E-state index in [0.717, 1.165) is 0 Å². The second kappa shape index (κ2) is 7.73. The first-order valence-electron chi connectivity index (χ1n) is 10.6. The second-order valence-electron chi connectivity index (χ2n) is 8.68. The fourth-order valence-corrected chi connectivity index (χ4v) is 5.21. The highest BCUT2D eigenvalue weighted by Gasteiger charge is 2.60. The number of nitrogens with zero attached hydrogens (tertiary/aromatic N) is 1. The first kappa shape index (κ1) is 22.5. The molecule has 3 aliphatic carbocycles. The molecule has 2 amide bonds. The van der Waals surface area contributed by atoms with E-state index in [2.05, 4.69) is 0 Å². The fraction of sp³-hybridized carbons (Fsp3) is 0.391. The Hall–Kier alpha value is -3.66. The van der Waals surface area contributed by atoms with Gasteiger partial charge in [0.15, 0.2) is 11.4 Å². The zero-order valence-electron chi connectivity index (χ0n) is 17.9. The summed E-state index contributed by atoms with van der Waals surface area (Å²) in [5.41, 5.74) is 2.51. The van der Waals surface area contributed by atoms with Crippen LogP contribution in [0.3, 0.4) is 0 Å². The van der Waals surface area contributed by atoms with Gasteiger partial charge >= 0.3 is 0 Å². The Morgan fingerprint density at radius 3 is 2.55 bits per heavy atom. The van der Waals surface area contributed by atoms with Gasteiger partial charge in [-0.1, -0.05) is 12.1 Å². The van der Waals surface area contributed by atoms with E-state index in [1.54, 1.807) is 19.1 Å². The number of primary amides is 1. The zero-order valence-corrected chi connectivity index (χ0v) is 17.9. The molecule has 1 saturated carbocycles. The molecule has 10 nitrogen and oxygen atoms in total. The van der Waals surface area contributed by atoms with Crippen LogP contribution >= 0.6 is 0 Å². The number of aromatic hydroxyl groups is 1. The number of amides is 2. The summed E-state index contributed by atoms with van der Waals surface area (Å²) >= 11 is 0. The Morgan fingerprint density at radius 1 is 1.24 bits per heavy atom. The van der Waals surface area contributed by atoms with Gasteiger partial charge in [0.25, 0.3) is 5.91 Å². The van der Waals surface area contributed by atoms with Crippen molar-refractivity contribution in [3.63, 3.8) is 0 Å². The zero-order chi connectivity index (χ0) is 24.2. The molecule has 10 heteroatoms. The number of benzene rings is 1. The maximum Gasteiger partial charge on any atom is 0.255 e. The van der Waals surface area contributed by atoms with Gasteiger partial charge in [0.05, 0.1) is 5.56 Å². The topological polar surface area (TPSA) is 178 Å². The standard InChI is InChI=1S/C23H24N2O8/c1-2-25(9-26)8-11-4-3-10-5-12-6-13-7-14(27)17(22(24)32)21(31)23(13,33)20(30)16(12)19(29)15(10)18(11)28/h3-4,9,12-13,28-29,31,33H,2,5-8H2,1H3,(H2,24,32)/t12?,13?,23-/m0/s1. The number of fused-ring (bicyclic) bond motifs is 3. The van der Waals surface area contributed by atoms with E-state index in [9.17, 15) is 39.6 Å². The van der Waals surface area contributed by atoms with Crippen molar-refractivity contribution in [2.24, 2.45) is 17.6 Å². The smallest absolute Gasteiger partial charge is 0.255 e. The lowest BCUT2D eigenvalue weighted by Crippen LogP contribution is -2.58. The second-order valence-corrected chi connectivity index (χ2v) is 8.68. The van der Waals surface area contributed by atoms with Crippen LogP contribution in [0.25, 0.3) is 5.76 Å². The molecule has 3 atom stereocenters. The lowest BCUT2D eigenvalue weighted by molar-refractivity contribution is -0.147. The molecule has 0 aliphatic heterocycles. The number of carbonyl (C=O) groups is 4. The minimum atomic E-state index is -2.58. The van der Waals surface area contributed by atoms with Crippen molar-refractivity contribution in [1.29, 1.82) is 0 Å². The van der Waals surface area contributed by atoms with Crippen molar-refractivity contribution in [3.05, 3.63) is 45.7 Å². The Bertz CT molecular complexity index is 1170. The van der Waals surface area contributed by atoms with Gasteiger partial charge in [-0.2, -0.15) is 0 Å². The fourth-order valence-electron chi connectivity index (χ4n) is 5.21. The summed E-state index contributed by atoms with van der Waals surface area (Å²) in [6.45, 7) is 2.24. The molecule has 1 fully saturated rings. The SMILES string of the molecule is CCN(C=O)Cc1ccc2c(c1O)C(O)=C1C(=O)[C@]3(O)C(O)=C(C(N)=O)C(=O)CC3CC1C2. The third-order valence-electron chi connectivity index (χ3n) is 6.95. The van der Waals surface area contributed by atoms with Gasteiger partial charge in [-0.05, 0) is 31.2 Å². The Morgan fingerprint density at radius 2 is 1.94 bits per heavy atom. The quantitative estimate of drug-likeness (QED) is 0.312.